The van der Waals surface area contributed by atoms with Crippen molar-refractivity contribution >= 4 is 27.0 Å². The second-order valence-electron chi connectivity index (χ2n) is 6.11. The van der Waals surface area contributed by atoms with Crippen LogP contribution in [0.5, 0.6) is 0 Å². The van der Waals surface area contributed by atoms with Crippen molar-refractivity contribution < 1.29 is 12.8 Å². The molecule has 26 heavy (non-hydrogen) atoms. The maximum absolute atomic E-state index is 12.6. The van der Waals surface area contributed by atoms with Gasteiger partial charge in [0, 0.05) is 5.92 Å². The zero-order valence-corrected chi connectivity index (χ0v) is 15.3. The Bertz CT molecular complexity index is 1090. The van der Waals surface area contributed by atoms with Gasteiger partial charge < -0.3 is 4.42 Å². The van der Waals surface area contributed by atoms with Crippen molar-refractivity contribution in [2.45, 2.75) is 29.4 Å². The molecule has 2 aromatic heterocycles. The molecule has 0 amide bonds. The molecule has 0 spiro atoms. The fourth-order valence-electron chi connectivity index (χ4n) is 2.70. The van der Waals surface area contributed by atoms with E-state index in [9.17, 15) is 8.42 Å². The molecule has 1 fully saturated rings. The van der Waals surface area contributed by atoms with E-state index in [1.165, 1.54) is 12.5 Å². The number of nitrogens with one attached hydrogen (secondary N) is 1. The average Bonchev–Trinajstić information content (AvgIpc) is 3.22. The highest BCUT2D eigenvalue weighted by atomic mass is 32.2. The number of sulfonamides is 1. The van der Waals surface area contributed by atoms with Crippen LogP contribution in [0.4, 0.5) is 5.69 Å². The topological polar surface area (TPSA) is 96.0 Å². The SMILES string of the molecule is N#Cc1cccc(NS(=O)(=O)c2ccc(-c3cnc(C4CCC4)o3)s2)c1. The fourth-order valence-corrected chi connectivity index (χ4v) is 5.00. The van der Waals surface area contributed by atoms with Crippen molar-refractivity contribution in [3.8, 4) is 16.7 Å². The molecule has 2 heterocycles. The minimum absolute atomic E-state index is 0.177. The lowest BCUT2D eigenvalue weighted by Gasteiger charge is -2.21. The molecule has 0 radical (unpaired) electrons. The van der Waals surface area contributed by atoms with E-state index in [1.54, 1.807) is 36.5 Å². The highest BCUT2D eigenvalue weighted by molar-refractivity contribution is 7.94. The molecule has 0 unspecified atom stereocenters. The second kappa shape index (κ2) is 6.59. The van der Waals surface area contributed by atoms with Gasteiger partial charge in [-0.05, 0) is 43.2 Å². The first-order valence-corrected chi connectivity index (χ1v) is 10.4. The molecule has 4 rings (SSSR count). The van der Waals surface area contributed by atoms with Crippen LogP contribution in [0.15, 0.2) is 51.2 Å². The van der Waals surface area contributed by atoms with E-state index in [4.69, 9.17) is 9.68 Å². The highest BCUT2D eigenvalue weighted by Crippen LogP contribution is 2.38. The first-order chi connectivity index (χ1) is 12.5. The Kier molecular flexibility index (Phi) is 4.26. The van der Waals surface area contributed by atoms with Gasteiger partial charge in [0.2, 0.25) is 0 Å². The minimum Gasteiger partial charge on any atom is -0.440 e. The van der Waals surface area contributed by atoms with Gasteiger partial charge in [0.25, 0.3) is 10.0 Å². The van der Waals surface area contributed by atoms with E-state index in [0.717, 1.165) is 30.1 Å². The Hall–Kier alpha value is -2.63. The molecule has 8 heteroatoms. The minimum atomic E-state index is -3.73. The predicted octanol–water partition coefficient (Wildman–Crippen LogP) is 4.34. The Balaban J connectivity index is 1.56. The predicted molar refractivity (Wildman–Crippen MR) is 98.4 cm³/mol. The van der Waals surface area contributed by atoms with Crippen LogP contribution in [0, 0.1) is 11.3 Å². The van der Waals surface area contributed by atoms with E-state index >= 15 is 0 Å². The molecule has 132 valence electrons. The number of nitriles is 1. The van der Waals surface area contributed by atoms with Gasteiger partial charge in [0.05, 0.1) is 28.4 Å². The number of hydrogen-bond donors (Lipinski definition) is 1. The van der Waals surface area contributed by atoms with Gasteiger partial charge >= 0.3 is 0 Å². The summed E-state index contributed by atoms with van der Waals surface area (Å²) in [6.45, 7) is 0. The van der Waals surface area contributed by atoms with E-state index < -0.39 is 10.0 Å². The fraction of sp³-hybridized carbons (Fsp3) is 0.222. The average molecular weight is 385 g/mol. The molecular weight excluding hydrogens is 370 g/mol. The zero-order chi connectivity index (χ0) is 18.1. The standard InChI is InChI=1S/C18H15N3O3S2/c19-10-12-3-1-6-14(9-12)21-26(22,23)17-8-7-16(25-17)15-11-20-18(24-15)13-4-2-5-13/h1,3,6-9,11,13,21H,2,4-5H2. The van der Waals surface area contributed by atoms with Crippen LogP contribution < -0.4 is 4.72 Å². The van der Waals surface area contributed by atoms with Crippen LogP contribution in [0.1, 0.15) is 36.6 Å². The first kappa shape index (κ1) is 16.8. The molecule has 0 saturated heterocycles. The summed E-state index contributed by atoms with van der Waals surface area (Å²) in [6.07, 6.45) is 5.04. The molecule has 0 bridgehead atoms. The summed E-state index contributed by atoms with van der Waals surface area (Å²) in [7, 11) is -3.73. The highest BCUT2D eigenvalue weighted by Gasteiger charge is 2.25. The number of oxazole rings is 1. The normalized spacial score (nSPS) is 14.6. The quantitative estimate of drug-likeness (QED) is 0.704. The van der Waals surface area contributed by atoms with Gasteiger partial charge in [-0.25, -0.2) is 13.4 Å². The third kappa shape index (κ3) is 3.23. The Morgan fingerprint density at radius 1 is 1.27 bits per heavy atom. The summed E-state index contributed by atoms with van der Waals surface area (Å²) in [6, 6.07) is 11.6. The van der Waals surface area contributed by atoms with Crippen LogP contribution in [-0.2, 0) is 10.0 Å². The molecule has 1 aromatic carbocycles. The van der Waals surface area contributed by atoms with Crippen LogP contribution >= 0.6 is 11.3 Å². The van der Waals surface area contributed by atoms with E-state index in [0.29, 0.717) is 27.8 Å². The number of benzene rings is 1. The lowest BCUT2D eigenvalue weighted by molar-refractivity contribution is 0.338. The maximum Gasteiger partial charge on any atom is 0.271 e. The summed E-state index contributed by atoms with van der Waals surface area (Å²) < 4.78 is 33.6. The molecule has 1 aliphatic carbocycles. The van der Waals surface area contributed by atoms with Crippen LogP contribution in [-0.4, -0.2) is 13.4 Å². The number of thiophene rings is 1. The summed E-state index contributed by atoms with van der Waals surface area (Å²) in [4.78, 5) is 5.03. The van der Waals surface area contributed by atoms with Crippen molar-refractivity contribution in [3.63, 3.8) is 0 Å². The first-order valence-electron chi connectivity index (χ1n) is 8.14. The zero-order valence-electron chi connectivity index (χ0n) is 13.7. The number of anilines is 1. The Labute approximate surface area is 155 Å². The number of aromatic nitrogens is 1. The monoisotopic (exact) mass is 385 g/mol. The van der Waals surface area contributed by atoms with E-state index in [-0.39, 0.29) is 4.21 Å². The van der Waals surface area contributed by atoms with Crippen molar-refractivity contribution in [1.29, 1.82) is 5.26 Å². The van der Waals surface area contributed by atoms with Gasteiger partial charge in [-0.1, -0.05) is 12.5 Å². The number of nitrogens with zero attached hydrogens (tertiary/aromatic N) is 2. The lowest BCUT2D eigenvalue weighted by Crippen LogP contribution is -2.11. The largest absolute Gasteiger partial charge is 0.440 e. The van der Waals surface area contributed by atoms with Crippen LogP contribution in [0.3, 0.4) is 0 Å². The summed E-state index contributed by atoms with van der Waals surface area (Å²) >= 11 is 1.12. The van der Waals surface area contributed by atoms with Gasteiger partial charge in [-0.3, -0.25) is 4.72 Å². The Morgan fingerprint density at radius 3 is 2.85 bits per heavy atom. The third-order valence-corrected chi connectivity index (χ3v) is 7.28. The molecule has 3 aromatic rings. The van der Waals surface area contributed by atoms with Crippen molar-refractivity contribution in [1.82, 2.24) is 4.98 Å². The van der Waals surface area contributed by atoms with Crippen molar-refractivity contribution in [2.75, 3.05) is 4.72 Å². The van der Waals surface area contributed by atoms with Crippen LogP contribution in [0.25, 0.3) is 10.6 Å². The third-order valence-electron chi connectivity index (χ3n) is 4.31. The second-order valence-corrected chi connectivity index (χ2v) is 9.10. The molecule has 1 saturated carbocycles. The number of rotatable bonds is 5. The molecule has 6 nitrogen and oxygen atoms in total. The number of hydrogen-bond acceptors (Lipinski definition) is 6. The molecule has 0 atom stereocenters. The van der Waals surface area contributed by atoms with Crippen LogP contribution in [0.2, 0.25) is 0 Å². The van der Waals surface area contributed by atoms with Crippen molar-refractivity contribution in [2.24, 2.45) is 0 Å². The van der Waals surface area contributed by atoms with Gasteiger partial charge in [0.15, 0.2) is 11.7 Å². The smallest absolute Gasteiger partial charge is 0.271 e. The summed E-state index contributed by atoms with van der Waals surface area (Å²) in [5.74, 6) is 1.71. The van der Waals surface area contributed by atoms with Gasteiger partial charge in [-0.15, -0.1) is 11.3 Å². The van der Waals surface area contributed by atoms with Gasteiger partial charge in [-0.2, -0.15) is 5.26 Å². The molecular formula is C18H15N3O3S2. The maximum atomic E-state index is 12.6. The summed E-state index contributed by atoms with van der Waals surface area (Å²) in [5.41, 5.74) is 0.744. The Morgan fingerprint density at radius 2 is 2.12 bits per heavy atom. The molecule has 1 aliphatic rings. The van der Waals surface area contributed by atoms with E-state index in [2.05, 4.69) is 9.71 Å². The molecule has 1 N–H and O–H groups in total. The van der Waals surface area contributed by atoms with Crippen molar-refractivity contribution in [3.05, 3.63) is 54.0 Å². The summed E-state index contributed by atoms with van der Waals surface area (Å²) in [5, 5.41) is 8.93. The van der Waals surface area contributed by atoms with Gasteiger partial charge in [0.1, 0.15) is 4.21 Å². The lowest BCUT2D eigenvalue weighted by atomic mass is 9.85. The van der Waals surface area contributed by atoms with E-state index in [1.807, 2.05) is 6.07 Å². The molecule has 0 aliphatic heterocycles.